The molecule has 9 heteroatoms. The Hall–Kier alpha value is -2.32. The second-order valence-corrected chi connectivity index (χ2v) is 8.48. The Kier molecular flexibility index (Phi) is 4.81. The first-order chi connectivity index (χ1) is 12.5. The average molecular weight is 415 g/mol. The summed E-state index contributed by atoms with van der Waals surface area (Å²) < 4.78 is 63.9. The number of rotatable bonds is 3. The minimum atomic E-state index is -4.62. The summed E-state index contributed by atoms with van der Waals surface area (Å²) in [6, 6.07) is 11.3. The Morgan fingerprint density at radius 3 is 2.19 bits per heavy atom. The first-order valence-electron chi connectivity index (χ1n) is 7.71. The maximum atomic E-state index is 13.2. The van der Waals surface area contributed by atoms with Crippen molar-refractivity contribution in [2.24, 2.45) is 0 Å². The lowest BCUT2D eigenvalue weighted by Crippen LogP contribution is -2.07. The fourth-order valence-electron chi connectivity index (χ4n) is 2.51. The lowest BCUT2D eigenvalue weighted by atomic mass is 10.1. The highest BCUT2D eigenvalue weighted by Gasteiger charge is 2.35. The molecule has 27 heavy (non-hydrogen) atoms. The van der Waals surface area contributed by atoms with Gasteiger partial charge in [0, 0.05) is 16.8 Å². The molecule has 0 aliphatic heterocycles. The van der Waals surface area contributed by atoms with Crippen molar-refractivity contribution in [2.45, 2.75) is 18.0 Å². The molecule has 0 unspecified atom stereocenters. The predicted octanol–water partition coefficient (Wildman–Crippen LogP) is 4.92. The van der Waals surface area contributed by atoms with Gasteiger partial charge in [0.1, 0.15) is 0 Å². The number of alkyl halides is 3. The number of nitrogens with zero attached hydrogens (tertiary/aromatic N) is 2. The molecule has 0 N–H and O–H groups in total. The van der Waals surface area contributed by atoms with Gasteiger partial charge in [-0.1, -0.05) is 29.8 Å². The van der Waals surface area contributed by atoms with Crippen molar-refractivity contribution >= 4 is 21.4 Å². The Morgan fingerprint density at radius 2 is 1.67 bits per heavy atom. The molecule has 3 rings (SSSR count). The van der Waals surface area contributed by atoms with Crippen molar-refractivity contribution in [3.63, 3.8) is 0 Å². The zero-order valence-electron chi connectivity index (χ0n) is 14.2. The van der Waals surface area contributed by atoms with Gasteiger partial charge in [-0.2, -0.15) is 18.3 Å². The molecule has 0 aliphatic carbocycles. The molecular formula is C18H14ClF3N2O2S. The topological polar surface area (TPSA) is 52.0 Å². The zero-order chi connectivity index (χ0) is 20.0. The molecule has 0 aliphatic rings. The first-order valence-corrected chi connectivity index (χ1v) is 9.98. The minimum Gasteiger partial charge on any atom is -0.232 e. The van der Waals surface area contributed by atoms with E-state index in [9.17, 15) is 21.6 Å². The van der Waals surface area contributed by atoms with Crippen LogP contribution in [0.25, 0.3) is 16.9 Å². The highest BCUT2D eigenvalue weighted by atomic mass is 35.5. The van der Waals surface area contributed by atoms with Gasteiger partial charge in [0.15, 0.2) is 15.5 Å². The third kappa shape index (κ3) is 4.01. The Bertz CT molecular complexity index is 1100. The van der Waals surface area contributed by atoms with Gasteiger partial charge in [-0.25, -0.2) is 13.1 Å². The SMILES string of the molecule is Cc1ccc(-n2nc(C(F)(F)F)cc2-c2ccc(S(C)(=O)=O)cc2)cc1Cl. The fraction of sp³-hybridized carbons (Fsp3) is 0.167. The summed E-state index contributed by atoms with van der Waals surface area (Å²) in [4.78, 5) is 0.0757. The number of hydrogen-bond acceptors (Lipinski definition) is 3. The van der Waals surface area contributed by atoms with Crippen LogP contribution in [0.1, 0.15) is 11.3 Å². The average Bonchev–Trinajstić information content (AvgIpc) is 3.02. The van der Waals surface area contributed by atoms with Crippen LogP contribution < -0.4 is 0 Å². The number of aryl methyl sites for hydroxylation is 1. The highest BCUT2D eigenvalue weighted by molar-refractivity contribution is 7.90. The minimum absolute atomic E-state index is 0.0757. The van der Waals surface area contributed by atoms with E-state index in [4.69, 9.17) is 11.6 Å². The lowest BCUT2D eigenvalue weighted by molar-refractivity contribution is -0.141. The number of benzene rings is 2. The van der Waals surface area contributed by atoms with Crippen LogP contribution in [0.5, 0.6) is 0 Å². The molecule has 3 aromatic rings. The van der Waals surface area contributed by atoms with Crippen LogP contribution >= 0.6 is 11.6 Å². The molecule has 1 heterocycles. The van der Waals surface area contributed by atoms with E-state index in [1.165, 1.54) is 30.3 Å². The van der Waals surface area contributed by atoms with Crippen molar-refractivity contribution in [3.8, 4) is 16.9 Å². The van der Waals surface area contributed by atoms with Crippen molar-refractivity contribution in [2.75, 3.05) is 6.26 Å². The zero-order valence-corrected chi connectivity index (χ0v) is 15.8. The molecular weight excluding hydrogens is 401 g/mol. The van der Waals surface area contributed by atoms with Gasteiger partial charge in [-0.15, -0.1) is 0 Å². The number of aromatic nitrogens is 2. The standard InChI is InChI=1S/C18H14ClF3N2O2S/c1-11-3-6-13(9-15(11)19)24-16(10-17(23-24)18(20,21)22)12-4-7-14(8-5-12)27(2,25)26/h3-10H,1-2H3. The lowest BCUT2D eigenvalue weighted by Gasteiger charge is -2.09. The van der Waals surface area contributed by atoms with E-state index >= 15 is 0 Å². The van der Waals surface area contributed by atoms with Crippen molar-refractivity contribution in [1.82, 2.24) is 9.78 Å². The van der Waals surface area contributed by atoms with E-state index in [1.807, 2.05) is 0 Å². The monoisotopic (exact) mass is 414 g/mol. The van der Waals surface area contributed by atoms with Gasteiger partial charge < -0.3 is 0 Å². The second kappa shape index (κ2) is 6.69. The van der Waals surface area contributed by atoms with Crippen LogP contribution in [0.3, 0.4) is 0 Å². The Balaban J connectivity index is 2.19. The van der Waals surface area contributed by atoms with Crippen molar-refractivity contribution in [3.05, 3.63) is 64.8 Å². The smallest absolute Gasteiger partial charge is 0.232 e. The van der Waals surface area contributed by atoms with E-state index < -0.39 is 21.7 Å². The predicted molar refractivity (Wildman–Crippen MR) is 96.9 cm³/mol. The molecule has 0 spiro atoms. The van der Waals surface area contributed by atoms with Gasteiger partial charge in [0.2, 0.25) is 0 Å². The summed E-state index contributed by atoms with van der Waals surface area (Å²) in [6.45, 7) is 1.78. The quantitative estimate of drug-likeness (QED) is 0.611. The van der Waals surface area contributed by atoms with Gasteiger partial charge in [-0.3, -0.25) is 0 Å². The van der Waals surface area contributed by atoms with Crippen LogP contribution in [0.2, 0.25) is 5.02 Å². The molecule has 0 radical (unpaired) electrons. The third-order valence-electron chi connectivity index (χ3n) is 3.98. The van der Waals surface area contributed by atoms with E-state index in [-0.39, 0.29) is 10.6 Å². The normalized spacial score (nSPS) is 12.4. The maximum Gasteiger partial charge on any atom is 0.435 e. The molecule has 0 atom stereocenters. The van der Waals surface area contributed by atoms with Crippen LogP contribution in [-0.4, -0.2) is 24.5 Å². The van der Waals surface area contributed by atoms with Gasteiger partial charge >= 0.3 is 6.18 Å². The summed E-state index contributed by atoms with van der Waals surface area (Å²) in [7, 11) is -3.41. The van der Waals surface area contributed by atoms with Gasteiger partial charge in [0.25, 0.3) is 0 Å². The highest BCUT2D eigenvalue weighted by Crippen LogP contribution is 2.34. The maximum absolute atomic E-state index is 13.2. The molecule has 0 bridgehead atoms. The summed E-state index contributed by atoms with van der Waals surface area (Å²) in [5, 5.41) is 4.08. The van der Waals surface area contributed by atoms with E-state index in [0.29, 0.717) is 16.3 Å². The van der Waals surface area contributed by atoms with Crippen LogP contribution in [-0.2, 0) is 16.0 Å². The molecule has 4 nitrogen and oxygen atoms in total. The molecule has 0 amide bonds. The van der Waals surface area contributed by atoms with Gasteiger partial charge in [-0.05, 0) is 42.8 Å². The third-order valence-corrected chi connectivity index (χ3v) is 5.51. The van der Waals surface area contributed by atoms with Crippen molar-refractivity contribution in [1.29, 1.82) is 0 Å². The van der Waals surface area contributed by atoms with E-state index in [2.05, 4.69) is 5.10 Å². The van der Waals surface area contributed by atoms with Gasteiger partial charge in [0.05, 0.1) is 16.3 Å². The summed E-state index contributed by atoms with van der Waals surface area (Å²) in [6.07, 6.45) is -3.57. The molecule has 0 fully saturated rings. The van der Waals surface area contributed by atoms with Crippen LogP contribution in [0, 0.1) is 6.92 Å². The molecule has 0 saturated heterocycles. The van der Waals surface area contributed by atoms with Crippen LogP contribution in [0.15, 0.2) is 53.4 Å². The molecule has 142 valence electrons. The van der Waals surface area contributed by atoms with E-state index in [1.54, 1.807) is 19.1 Å². The summed E-state index contributed by atoms with van der Waals surface area (Å²) >= 11 is 6.10. The first kappa shape index (κ1) is 19.4. The van der Waals surface area contributed by atoms with Crippen LogP contribution in [0.4, 0.5) is 13.2 Å². The van der Waals surface area contributed by atoms with E-state index in [0.717, 1.165) is 22.6 Å². The number of sulfone groups is 1. The Labute approximate surface area is 159 Å². The number of hydrogen-bond donors (Lipinski definition) is 0. The summed E-state index contributed by atoms with van der Waals surface area (Å²) in [5.74, 6) is 0. The number of halogens is 4. The van der Waals surface area contributed by atoms with Crippen molar-refractivity contribution < 1.29 is 21.6 Å². The largest absolute Gasteiger partial charge is 0.435 e. The fourth-order valence-corrected chi connectivity index (χ4v) is 3.31. The summed E-state index contributed by atoms with van der Waals surface area (Å²) in [5.41, 5.74) is 0.650. The molecule has 1 aromatic heterocycles. The second-order valence-electron chi connectivity index (χ2n) is 6.05. The molecule has 2 aromatic carbocycles. The Morgan fingerprint density at radius 1 is 1.04 bits per heavy atom. The molecule has 0 saturated carbocycles.